The fourth-order valence-electron chi connectivity index (χ4n) is 1.99. The number of ether oxygens (including phenoxy) is 2. The quantitative estimate of drug-likeness (QED) is 0.834. The van der Waals surface area contributed by atoms with Gasteiger partial charge in [-0.2, -0.15) is 0 Å². The highest BCUT2D eigenvalue weighted by atomic mass is 16.5. The second kappa shape index (κ2) is 6.33. The molecule has 1 atom stereocenters. The summed E-state index contributed by atoms with van der Waals surface area (Å²) in [6.07, 6.45) is 2.16. The maximum absolute atomic E-state index is 11.9. The van der Waals surface area contributed by atoms with Crippen LogP contribution in [-0.4, -0.2) is 38.2 Å². The molecule has 5 heteroatoms. The van der Waals surface area contributed by atoms with E-state index in [9.17, 15) is 9.59 Å². The zero-order chi connectivity index (χ0) is 13.7. The first-order valence-corrected chi connectivity index (χ1v) is 6.29. The number of rotatable bonds is 4. The van der Waals surface area contributed by atoms with E-state index in [1.54, 1.807) is 24.3 Å². The van der Waals surface area contributed by atoms with Gasteiger partial charge < -0.3 is 14.8 Å². The zero-order valence-electron chi connectivity index (χ0n) is 10.8. The monoisotopic (exact) mass is 263 g/mol. The summed E-state index contributed by atoms with van der Waals surface area (Å²) in [5.74, 6) is -0.571. The molecule has 1 aromatic rings. The molecule has 1 aromatic carbocycles. The van der Waals surface area contributed by atoms with Crippen LogP contribution in [0.1, 0.15) is 33.6 Å². The Balaban J connectivity index is 1.89. The summed E-state index contributed by atoms with van der Waals surface area (Å²) in [5, 5.41) is 2.82. The van der Waals surface area contributed by atoms with E-state index in [-0.39, 0.29) is 12.0 Å². The van der Waals surface area contributed by atoms with Gasteiger partial charge in [-0.1, -0.05) is 0 Å². The lowest BCUT2D eigenvalue weighted by Crippen LogP contribution is -2.31. The van der Waals surface area contributed by atoms with Crippen molar-refractivity contribution in [1.29, 1.82) is 0 Å². The molecule has 2 rings (SSSR count). The summed E-state index contributed by atoms with van der Waals surface area (Å²) >= 11 is 0. The molecule has 0 radical (unpaired) electrons. The van der Waals surface area contributed by atoms with Crippen molar-refractivity contribution in [1.82, 2.24) is 5.32 Å². The molecule has 0 spiro atoms. The summed E-state index contributed by atoms with van der Waals surface area (Å²) in [4.78, 5) is 23.1. The van der Waals surface area contributed by atoms with Crippen molar-refractivity contribution in [2.45, 2.75) is 18.9 Å². The number of hydrogen-bond donors (Lipinski definition) is 1. The number of methoxy groups -OCH3 is 1. The maximum Gasteiger partial charge on any atom is 0.337 e. The van der Waals surface area contributed by atoms with E-state index < -0.39 is 5.97 Å². The molecular formula is C14H17NO4. The summed E-state index contributed by atoms with van der Waals surface area (Å²) in [7, 11) is 1.32. The number of amides is 1. The molecule has 1 aliphatic heterocycles. The van der Waals surface area contributed by atoms with Crippen LogP contribution in [0.15, 0.2) is 24.3 Å². The highest BCUT2D eigenvalue weighted by Gasteiger charge is 2.16. The van der Waals surface area contributed by atoms with Crippen LogP contribution in [0, 0.1) is 0 Å². The highest BCUT2D eigenvalue weighted by molar-refractivity contribution is 5.96. The van der Waals surface area contributed by atoms with Crippen LogP contribution in [0.4, 0.5) is 0 Å². The molecule has 1 unspecified atom stereocenters. The average Bonchev–Trinajstić information content (AvgIpc) is 2.97. The number of carbonyl (C=O) groups excluding carboxylic acids is 2. The average molecular weight is 263 g/mol. The minimum absolute atomic E-state index is 0.123. The van der Waals surface area contributed by atoms with Crippen LogP contribution >= 0.6 is 0 Å². The van der Waals surface area contributed by atoms with Gasteiger partial charge in [-0.05, 0) is 37.1 Å². The normalized spacial score (nSPS) is 18.1. The molecule has 1 amide bonds. The van der Waals surface area contributed by atoms with E-state index in [1.807, 2.05) is 0 Å². The van der Waals surface area contributed by atoms with Gasteiger partial charge in [0.2, 0.25) is 0 Å². The predicted molar refractivity (Wildman–Crippen MR) is 69.1 cm³/mol. The number of carbonyl (C=O) groups is 2. The van der Waals surface area contributed by atoms with E-state index in [4.69, 9.17) is 4.74 Å². The van der Waals surface area contributed by atoms with Gasteiger partial charge in [0, 0.05) is 18.7 Å². The van der Waals surface area contributed by atoms with Crippen LogP contribution < -0.4 is 5.32 Å². The Bertz CT molecular complexity index is 449. The molecule has 1 saturated heterocycles. The van der Waals surface area contributed by atoms with E-state index in [0.29, 0.717) is 17.7 Å². The Labute approximate surface area is 111 Å². The Kier molecular flexibility index (Phi) is 4.52. The minimum Gasteiger partial charge on any atom is -0.465 e. The summed E-state index contributed by atoms with van der Waals surface area (Å²) in [6.45, 7) is 1.30. The standard InChI is InChI=1S/C14H17NO4/c1-18-14(17)11-6-4-10(5-7-11)13(16)15-9-12-3-2-8-19-12/h4-7,12H,2-3,8-9H2,1H3,(H,15,16). The second-order valence-corrected chi connectivity index (χ2v) is 4.41. The number of esters is 1. The maximum atomic E-state index is 11.9. The van der Waals surface area contributed by atoms with Gasteiger partial charge in [0.25, 0.3) is 5.91 Å². The van der Waals surface area contributed by atoms with E-state index in [1.165, 1.54) is 7.11 Å². The van der Waals surface area contributed by atoms with E-state index in [0.717, 1.165) is 19.4 Å². The van der Waals surface area contributed by atoms with Crippen LogP contribution in [-0.2, 0) is 9.47 Å². The van der Waals surface area contributed by atoms with Gasteiger partial charge in [-0.3, -0.25) is 4.79 Å². The van der Waals surface area contributed by atoms with Gasteiger partial charge in [-0.25, -0.2) is 4.79 Å². The van der Waals surface area contributed by atoms with Gasteiger partial charge >= 0.3 is 5.97 Å². The van der Waals surface area contributed by atoms with Gasteiger partial charge in [0.15, 0.2) is 0 Å². The zero-order valence-corrected chi connectivity index (χ0v) is 10.8. The molecule has 19 heavy (non-hydrogen) atoms. The SMILES string of the molecule is COC(=O)c1ccc(C(=O)NCC2CCCO2)cc1. The summed E-state index contributed by atoms with van der Waals surface area (Å²) < 4.78 is 10.0. The molecule has 1 N–H and O–H groups in total. The van der Waals surface area contributed by atoms with Crippen molar-refractivity contribution in [3.8, 4) is 0 Å². The Hall–Kier alpha value is -1.88. The minimum atomic E-state index is -0.411. The topological polar surface area (TPSA) is 64.6 Å². The van der Waals surface area contributed by atoms with Gasteiger partial charge in [0.05, 0.1) is 18.8 Å². The van der Waals surface area contributed by atoms with Crippen molar-refractivity contribution in [3.05, 3.63) is 35.4 Å². The second-order valence-electron chi connectivity index (χ2n) is 4.41. The lowest BCUT2D eigenvalue weighted by Gasteiger charge is -2.10. The van der Waals surface area contributed by atoms with Crippen molar-refractivity contribution in [2.24, 2.45) is 0 Å². The van der Waals surface area contributed by atoms with Crippen molar-refractivity contribution >= 4 is 11.9 Å². The number of benzene rings is 1. The molecule has 0 saturated carbocycles. The lowest BCUT2D eigenvalue weighted by atomic mass is 10.1. The third kappa shape index (κ3) is 3.54. The van der Waals surface area contributed by atoms with E-state index in [2.05, 4.69) is 10.1 Å². The fourth-order valence-corrected chi connectivity index (χ4v) is 1.99. The molecule has 1 aliphatic rings. The molecule has 102 valence electrons. The molecule has 1 heterocycles. The van der Waals surface area contributed by atoms with E-state index >= 15 is 0 Å². The largest absolute Gasteiger partial charge is 0.465 e. The Morgan fingerprint density at radius 3 is 2.58 bits per heavy atom. The van der Waals surface area contributed by atoms with Crippen LogP contribution in [0.2, 0.25) is 0 Å². The predicted octanol–water partition coefficient (Wildman–Crippen LogP) is 1.38. The lowest BCUT2D eigenvalue weighted by molar-refractivity contribution is 0.0600. The molecule has 0 aliphatic carbocycles. The first kappa shape index (κ1) is 13.5. The number of hydrogen-bond acceptors (Lipinski definition) is 4. The highest BCUT2D eigenvalue weighted by Crippen LogP contribution is 2.11. The molecule has 0 bridgehead atoms. The number of nitrogens with one attached hydrogen (secondary N) is 1. The van der Waals surface area contributed by atoms with Crippen molar-refractivity contribution < 1.29 is 19.1 Å². The third-order valence-corrected chi connectivity index (χ3v) is 3.08. The third-order valence-electron chi connectivity index (χ3n) is 3.08. The first-order chi connectivity index (χ1) is 9.20. The summed E-state index contributed by atoms with van der Waals surface area (Å²) in [6, 6.07) is 6.37. The first-order valence-electron chi connectivity index (χ1n) is 6.29. The summed E-state index contributed by atoms with van der Waals surface area (Å²) in [5.41, 5.74) is 0.948. The Morgan fingerprint density at radius 1 is 1.32 bits per heavy atom. The van der Waals surface area contributed by atoms with Crippen molar-refractivity contribution in [2.75, 3.05) is 20.3 Å². The Morgan fingerprint density at radius 2 is 2.00 bits per heavy atom. The van der Waals surface area contributed by atoms with Gasteiger partial charge in [-0.15, -0.1) is 0 Å². The molecular weight excluding hydrogens is 246 g/mol. The van der Waals surface area contributed by atoms with Crippen LogP contribution in [0.3, 0.4) is 0 Å². The molecule has 5 nitrogen and oxygen atoms in total. The fraction of sp³-hybridized carbons (Fsp3) is 0.429. The van der Waals surface area contributed by atoms with Crippen molar-refractivity contribution in [3.63, 3.8) is 0 Å². The van der Waals surface area contributed by atoms with Crippen LogP contribution in [0.25, 0.3) is 0 Å². The molecule has 0 aromatic heterocycles. The van der Waals surface area contributed by atoms with Gasteiger partial charge in [0.1, 0.15) is 0 Å². The smallest absolute Gasteiger partial charge is 0.337 e. The van der Waals surface area contributed by atoms with Crippen LogP contribution in [0.5, 0.6) is 0 Å². The molecule has 1 fully saturated rings.